The highest BCUT2D eigenvalue weighted by atomic mass is 79.9. The summed E-state index contributed by atoms with van der Waals surface area (Å²) in [6.45, 7) is 2.08. The quantitative estimate of drug-likeness (QED) is 0.717. The summed E-state index contributed by atoms with van der Waals surface area (Å²) in [4.78, 5) is 0. The molecule has 0 atom stereocenters. The molecule has 0 bridgehead atoms. The van der Waals surface area contributed by atoms with Gasteiger partial charge in [0.05, 0.1) is 5.71 Å². The molecule has 1 aromatic carbocycles. The molecule has 0 aliphatic carbocycles. The van der Waals surface area contributed by atoms with Gasteiger partial charge in [-0.25, -0.2) is 0 Å². The van der Waals surface area contributed by atoms with Crippen molar-refractivity contribution in [1.82, 2.24) is 0 Å². The van der Waals surface area contributed by atoms with E-state index in [-0.39, 0.29) is 0 Å². The van der Waals surface area contributed by atoms with Crippen molar-refractivity contribution in [2.45, 2.75) is 13.3 Å². The first kappa shape index (κ1) is 8.63. The fourth-order valence-corrected chi connectivity index (χ4v) is 1.57. The van der Waals surface area contributed by atoms with Crippen LogP contribution in [-0.2, 0) is 0 Å². The summed E-state index contributed by atoms with van der Waals surface area (Å²) < 4.78 is 0.906. The van der Waals surface area contributed by atoms with Gasteiger partial charge in [0.1, 0.15) is 4.62 Å². The molecule has 0 unspecified atom stereocenters. The molecule has 1 aliphatic rings. The van der Waals surface area contributed by atoms with Crippen molar-refractivity contribution < 1.29 is 0 Å². The van der Waals surface area contributed by atoms with Crippen molar-refractivity contribution in [2.75, 3.05) is 0 Å². The molecule has 0 fully saturated rings. The van der Waals surface area contributed by atoms with Crippen molar-refractivity contribution in [2.24, 2.45) is 10.2 Å². The minimum absolute atomic E-state index is 0.809. The Morgan fingerprint density at radius 1 is 1.15 bits per heavy atom. The lowest BCUT2D eigenvalue weighted by Crippen LogP contribution is -1.99. The van der Waals surface area contributed by atoms with E-state index in [9.17, 15) is 0 Å². The van der Waals surface area contributed by atoms with Gasteiger partial charge in [0.25, 0.3) is 0 Å². The van der Waals surface area contributed by atoms with Crippen LogP contribution >= 0.6 is 15.9 Å². The second-order valence-corrected chi connectivity index (χ2v) is 3.98. The summed E-state index contributed by atoms with van der Waals surface area (Å²) in [6, 6.07) is 8.33. The maximum Gasteiger partial charge on any atom is 0.112 e. The number of hydrogen-bond acceptors (Lipinski definition) is 2. The van der Waals surface area contributed by atoms with Gasteiger partial charge in [0.15, 0.2) is 0 Å². The molecule has 3 heteroatoms. The van der Waals surface area contributed by atoms with Crippen LogP contribution in [0.15, 0.2) is 34.5 Å². The molecule has 0 saturated heterocycles. The maximum atomic E-state index is 4.07. The molecule has 0 saturated carbocycles. The van der Waals surface area contributed by atoms with Gasteiger partial charge in [0, 0.05) is 6.42 Å². The summed E-state index contributed by atoms with van der Waals surface area (Å²) in [5.41, 5.74) is 3.46. The Morgan fingerprint density at radius 2 is 1.85 bits per heavy atom. The van der Waals surface area contributed by atoms with Crippen LogP contribution in [0.1, 0.15) is 17.5 Å². The van der Waals surface area contributed by atoms with E-state index in [2.05, 4.69) is 57.3 Å². The zero-order valence-corrected chi connectivity index (χ0v) is 8.87. The summed E-state index contributed by atoms with van der Waals surface area (Å²) in [6.07, 6.45) is 0.809. The maximum absolute atomic E-state index is 4.07. The molecule has 2 rings (SSSR count). The summed E-state index contributed by atoms with van der Waals surface area (Å²) in [5.74, 6) is 0. The highest BCUT2D eigenvalue weighted by Gasteiger charge is 2.11. The van der Waals surface area contributed by atoms with Crippen LogP contribution in [0.5, 0.6) is 0 Å². The first-order valence-corrected chi connectivity index (χ1v) is 4.91. The fourth-order valence-electron chi connectivity index (χ4n) is 1.23. The lowest BCUT2D eigenvalue weighted by atomic mass is 10.1. The average molecular weight is 237 g/mol. The molecule has 0 radical (unpaired) electrons. The standard InChI is InChI=1S/C10H9BrN2/c1-7-2-4-8(5-3-7)9-6-10(11)13-12-9/h2-5H,6H2,1H3. The molecule has 13 heavy (non-hydrogen) atoms. The first-order valence-electron chi connectivity index (χ1n) is 4.11. The van der Waals surface area contributed by atoms with E-state index in [0.717, 1.165) is 22.3 Å². The Morgan fingerprint density at radius 3 is 2.38 bits per heavy atom. The Labute approximate surface area is 85.5 Å². The topological polar surface area (TPSA) is 24.7 Å². The van der Waals surface area contributed by atoms with Crippen molar-refractivity contribution in [3.63, 3.8) is 0 Å². The predicted molar refractivity (Wildman–Crippen MR) is 58.7 cm³/mol. The van der Waals surface area contributed by atoms with Crippen LogP contribution < -0.4 is 0 Å². The van der Waals surface area contributed by atoms with Crippen LogP contribution in [0.25, 0.3) is 0 Å². The summed E-state index contributed by atoms with van der Waals surface area (Å²) in [5, 5.41) is 8.01. The molecule has 0 aromatic heterocycles. The van der Waals surface area contributed by atoms with Crippen molar-refractivity contribution in [3.05, 3.63) is 35.4 Å². The Kier molecular flexibility index (Phi) is 2.27. The monoisotopic (exact) mass is 236 g/mol. The van der Waals surface area contributed by atoms with Gasteiger partial charge in [-0.2, -0.15) is 5.10 Å². The minimum Gasteiger partial charge on any atom is -0.154 e. The highest BCUT2D eigenvalue weighted by Crippen LogP contribution is 2.14. The zero-order valence-electron chi connectivity index (χ0n) is 7.29. The number of benzene rings is 1. The molecule has 0 amide bonds. The second kappa shape index (κ2) is 3.42. The van der Waals surface area contributed by atoms with E-state index in [0.29, 0.717) is 0 Å². The Bertz CT molecular complexity index is 376. The third kappa shape index (κ3) is 1.86. The largest absolute Gasteiger partial charge is 0.154 e. The van der Waals surface area contributed by atoms with Crippen molar-refractivity contribution in [3.8, 4) is 0 Å². The van der Waals surface area contributed by atoms with Crippen molar-refractivity contribution >= 4 is 26.3 Å². The lowest BCUT2D eigenvalue weighted by molar-refractivity contribution is 1.27. The molecule has 0 N–H and O–H groups in total. The van der Waals surface area contributed by atoms with Crippen LogP contribution in [0.4, 0.5) is 0 Å². The van der Waals surface area contributed by atoms with Gasteiger partial charge in [0.2, 0.25) is 0 Å². The van der Waals surface area contributed by atoms with E-state index >= 15 is 0 Å². The highest BCUT2D eigenvalue weighted by molar-refractivity contribution is 9.18. The molecular formula is C10H9BrN2. The van der Waals surface area contributed by atoms with Crippen molar-refractivity contribution in [1.29, 1.82) is 0 Å². The van der Waals surface area contributed by atoms with Gasteiger partial charge >= 0.3 is 0 Å². The number of halogens is 1. The number of nitrogens with zero attached hydrogens (tertiary/aromatic N) is 2. The smallest absolute Gasteiger partial charge is 0.112 e. The normalized spacial score (nSPS) is 15.5. The van der Waals surface area contributed by atoms with Gasteiger partial charge in [-0.05, 0) is 28.4 Å². The van der Waals surface area contributed by atoms with E-state index in [1.165, 1.54) is 5.56 Å². The van der Waals surface area contributed by atoms with Gasteiger partial charge in [-0.3, -0.25) is 0 Å². The van der Waals surface area contributed by atoms with Gasteiger partial charge in [-0.1, -0.05) is 29.8 Å². The molecule has 0 spiro atoms. The van der Waals surface area contributed by atoms with E-state index < -0.39 is 0 Å². The SMILES string of the molecule is Cc1ccc(C2=NN=C(Br)C2)cc1. The van der Waals surface area contributed by atoms with E-state index in [1.54, 1.807) is 0 Å². The van der Waals surface area contributed by atoms with Gasteiger partial charge < -0.3 is 0 Å². The van der Waals surface area contributed by atoms with E-state index in [1.807, 2.05) is 0 Å². The number of hydrogen-bond donors (Lipinski definition) is 0. The average Bonchev–Trinajstić information content (AvgIpc) is 2.53. The zero-order chi connectivity index (χ0) is 9.26. The number of aryl methyl sites for hydroxylation is 1. The Hall–Kier alpha value is -0.960. The van der Waals surface area contributed by atoms with Crippen LogP contribution in [0.3, 0.4) is 0 Å². The summed E-state index contributed by atoms with van der Waals surface area (Å²) >= 11 is 3.33. The summed E-state index contributed by atoms with van der Waals surface area (Å²) in [7, 11) is 0. The molecule has 2 nitrogen and oxygen atoms in total. The minimum atomic E-state index is 0.809. The molecule has 1 heterocycles. The fraction of sp³-hybridized carbons (Fsp3) is 0.200. The van der Waals surface area contributed by atoms with E-state index in [4.69, 9.17) is 0 Å². The second-order valence-electron chi connectivity index (χ2n) is 3.07. The third-order valence-corrected chi connectivity index (χ3v) is 2.42. The van der Waals surface area contributed by atoms with Crippen LogP contribution in [0.2, 0.25) is 0 Å². The molecule has 1 aromatic rings. The van der Waals surface area contributed by atoms with Crippen LogP contribution in [0, 0.1) is 6.92 Å². The number of rotatable bonds is 1. The third-order valence-electron chi connectivity index (χ3n) is 1.98. The molecule has 1 aliphatic heterocycles. The lowest BCUT2D eigenvalue weighted by Gasteiger charge is -1.99. The van der Waals surface area contributed by atoms with Crippen LogP contribution in [-0.4, -0.2) is 10.3 Å². The molecule has 66 valence electrons. The van der Waals surface area contributed by atoms with Gasteiger partial charge in [-0.15, -0.1) is 5.10 Å². The first-order chi connectivity index (χ1) is 6.25. The molecular weight excluding hydrogens is 228 g/mol. The predicted octanol–water partition coefficient (Wildman–Crippen LogP) is 2.90. The Balaban J connectivity index is 2.24.